The lowest BCUT2D eigenvalue weighted by Gasteiger charge is -2.28. The predicted octanol–water partition coefficient (Wildman–Crippen LogP) is 4.27. The van der Waals surface area contributed by atoms with Crippen molar-refractivity contribution in [1.29, 1.82) is 0 Å². The van der Waals surface area contributed by atoms with Gasteiger partial charge in [0.2, 0.25) is 0 Å². The molecule has 6 nitrogen and oxygen atoms in total. The van der Waals surface area contributed by atoms with E-state index in [9.17, 15) is 17.6 Å². The number of rotatable bonds is 8. The van der Waals surface area contributed by atoms with E-state index in [1.807, 2.05) is 19.1 Å². The molecule has 33 heavy (non-hydrogen) atoms. The zero-order valence-corrected chi connectivity index (χ0v) is 18.1. The first-order valence-corrected chi connectivity index (χ1v) is 10.7. The van der Waals surface area contributed by atoms with Gasteiger partial charge >= 0.3 is 0 Å². The summed E-state index contributed by atoms with van der Waals surface area (Å²) < 4.78 is 57.9. The summed E-state index contributed by atoms with van der Waals surface area (Å²) in [5, 5.41) is 5.83. The number of hydrogen-bond acceptors (Lipinski definition) is 6. The average Bonchev–Trinajstić information content (AvgIpc) is 2.78. The molecule has 0 spiro atoms. The van der Waals surface area contributed by atoms with Crippen LogP contribution >= 0.6 is 0 Å². The fourth-order valence-electron chi connectivity index (χ4n) is 3.86. The molecule has 0 bridgehead atoms. The van der Waals surface area contributed by atoms with Crippen molar-refractivity contribution in [2.45, 2.75) is 25.9 Å². The van der Waals surface area contributed by atoms with Crippen LogP contribution in [0.2, 0.25) is 0 Å². The molecule has 176 valence electrons. The maximum absolute atomic E-state index is 13.7. The fourth-order valence-corrected chi connectivity index (χ4v) is 3.86. The van der Waals surface area contributed by atoms with Crippen LogP contribution in [0.3, 0.4) is 0 Å². The number of aromatic nitrogens is 2. The molecular formula is C23H25F4N5O. The van der Waals surface area contributed by atoms with Crippen LogP contribution in [0.25, 0.3) is 11.0 Å². The van der Waals surface area contributed by atoms with Crippen LogP contribution < -0.4 is 15.5 Å². The van der Waals surface area contributed by atoms with E-state index >= 15 is 0 Å². The van der Waals surface area contributed by atoms with Crippen molar-refractivity contribution < 1.29 is 22.3 Å². The first-order chi connectivity index (χ1) is 15.9. The third kappa shape index (κ3) is 5.88. The summed E-state index contributed by atoms with van der Waals surface area (Å²) >= 11 is 0. The molecule has 10 heteroatoms. The molecule has 1 unspecified atom stereocenters. The van der Waals surface area contributed by atoms with Crippen LogP contribution in [0.15, 0.2) is 36.5 Å². The van der Waals surface area contributed by atoms with Crippen molar-refractivity contribution in [1.82, 2.24) is 15.3 Å². The van der Waals surface area contributed by atoms with E-state index in [1.165, 1.54) is 12.1 Å². The zero-order valence-electron chi connectivity index (χ0n) is 18.1. The number of nitrogens with zero attached hydrogens (tertiary/aromatic N) is 3. The largest absolute Gasteiger partial charge is 0.378 e. The van der Waals surface area contributed by atoms with Gasteiger partial charge in [-0.2, -0.15) is 0 Å². The summed E-state index contributed by atoms with van der Waals surface area (Å²) in [5.74, 6) is -0.664. The molecule has 1 aliphatic rings. The molecule has 0 amide bonds. The van der Waals surface area contributed by atoms with E-state index in [0.717, 1.165) is 17.2 Å². The average molecular weight is 463 g/mol. The lowest BCUT2D eigenvalue weighted by molar-refractivity contribution is 0.122. The molecule has 1 aromatic heterocycles. The van der Waals surface area contributed by atoms with Gasteiger partial charge in [0.05, 0.1) is 43.0 Å². The standard InChI is InChI=1S/C23H25F4N5O/c1-14(30-18-9-16(24)8-17(25)10-18)19-6-15(11-28-12-21(26)27)7-20-23(19)31-22(13-29-20)32-2-4-33-5-3-32/h6-10,13-14,21,28,30H,2-5,11-12H2,1H3. The highest BCUT2D eigenvalue weighted by atomic mass is 19.3. The summed E-state index contributed by atoms with van der Waals surface area (Å²) in [6.07, 6.45) is -0.766. The number of ether oxygens (including phenoxy) is 1. The smallest absolute Gasteiger partial charge is 0.250 e. The number of halogens is 4. The van der Waals surface area contributed by atoms with Gasteiger partial charge in [-0.3, -0.25) is 4.98 Å². The molecule has 3 aromatic rings. The van der Waals surface area contributed by atoms with Gasteiger partial charge in [-0.1, -0.05) is 6.07 Å². The molecule has 4 rings (SSSR count). The number of fused-ring (bicyclic) bond motifs is 1. The van der Waals surface area contributed by atoms with Crippen LogP contribution in [0.1, 0.15) is 24.1 Å². The van der Waals surface area contributed by atoms with Crippen molar-refractivity contribution >= 4 is 22.5 Å². The minimum Gasteiger partial charge on any atom is -0.378 e. The third-order valence-corrected chi connectivity index (χ3v) is 5.40. The third-order valence-electron chi connectivity index (χ3n) is 5.40. The monoisotopic (exact) mass is 463 g/mol. The second-order valence-corrected chi connectivity index (χ2v) is 7.93. The summed E-state index contributed by atoms with van der Waals surface area (Å²) in [6.45, 7) is 4.24. The SMILES string of the molecule is CC(Nc1cc(F)cc(F)c1)c1cc(CNCC(F)F)cc2ncc(N3CCOCC3)nc12. The Morgan fingerprint density at radius 2 is 1.79 bits per heavy atom. The molecule has 1 fully saturated rings. The van der Waals surface area contributed by atoms with E-state index < -0.39 is 30.6 Å². The van der Waals surface area contributed by atoms with Gasteiger partial charge in [0.1, 0.15) is 17.5 Å². The molecule has 1 atom stereocenters. The van der Waals surface area contributed by atoms with Crippen LogP contribution in [0.5, 0.6) is 0 Å². The Labute approximate surface area is 189 Å². The predicted molar refractivity (Wildman–Crippen MR) is 119 cm³/mol. The molecular weight excluding hydrogens is 438 g/mol. The van der Waals surface area contributed by atoms with Crippen LogP contribution in [-0.2, 0) is 11.3 Å². The first kappa shape index (κ1) is 23.2. The summed E-state index contributed by atoms with van der Waals surface area (Å²) in [5.41, 5.74) is 3.02. The molecule has 0 saturated carbocycles. The number of morpholine rings is 1. The number of benzene rings is 2. The lowest BCUT2D eigenvalue weighted by Crippen LogP contribution is -2.36. The van der Waals surface area contributed by atoms with Crippen molar-refractivity contribution in [3.8, 4) is 0 Å². The highest BCUT2D eigenvalue weighted by molar-refractivity contribution is 5.81. The van der Waals surface area contributed by atoms with E-state index in [0.29, 0.717) is 43.2 Å². The number of nitrogens with one attached hydrogen (secondary N) is 2. The van der Waals surface area contributed by atoms with E-state index in [1.54, 1.807) is 6.20 Å². The van der Waals surface area contributed by atoms with Gasteiger partial charge in [0.15, 0.2) is 0 Å². The quantitative estimate of drug-likeness (QED) is 0.487. The Balaban J connectivity index is 1.69. The Morgan fingerprint density at radius 1 is 1.06 bits per heavy atom. The first-order valence-electron chi connectivity index (χ1n) is 10.7. The van der Waals surface area contributed by atoms with Crippen molar-refractivity contribution in [3.63, 3.8) is 0 Å². The van der Waals surface area contributed by atoms with Crippen molar-refractivity contribution in [2.24, 2.45) is 0 Å². The summed E-state index contributed by atoms with van der Waals surface area (Å²) in [7, 11) is 0. The van der Waals surface area contributed by atoms with Gasteiger partial charge in [0, 0.05) is 37.0 Å². The van der Waals surface area contributed by atoms with Crippen LogP contribution in [0.4, 0.5) is 29.1 Å². The second-order valence-electron chi connectivity index (χ2n) is 7.93. The minimum absolute atomic E-state index is 0.224. The summed E-state index contributed by atoms with van der Waals surface area (Å²) in [6, 6.07) is 6.49. The topological polar surface area (TPSA) is 62.3 Å². The van der Waals surface area contributed by atoms with Crippen LogP contribution in [0, 0.1) is 11.6 Å². The molecule has 1 saturated heterocycles. The highest BCUT2D eigenvalue weighted by Gasteiger charge is 2.18. The molecule has 2 aromatic carbocycles. The fraction of sp³-hybridized carbons (Fsp3) is 0.391. The highest BCUT2D eigenvalue weighted by Crippen LogP contribution is 2.29. The minimum atomic E-state index is -2.45. The normalized spacial score (nSPS) is 15.3. The van der Waals surface area contributed by atoms with Gasteiger partial charge in [-0.05, 0) is 30.7 Å². The Bertz CT molecular complexity index is 1090. The van der Waals surface area contributed by atoms with Crippen molar-refractivity contribution in [3.05, 3.63) is 59.3 Å². The van der Waals surface area contributed by atoms with Gasteiger partial charge in [-0.25, -0.2) is 22.5 Å². The van der Waals surface area contributed by atoms with E-state index in [-0.39, 0.29) is 12.2 Å². The van der Waals surface area contributed by atoms with Crippen LogP contribution in [-0.4, -0.2) is 49.2 Å². The molecule has 0 radical (unpaired) electrons. The maximum atomic E-state index is 13.7. The molecule has 0 aliphatic carbocycles. The van der Waals surface area contributed by atoms with Gasteiger partial charge in [-0.15, -0.1) is 0 Å². The van der Waals surface area contributed by atoms with Gasteiger partial charge in [0.25, 0.3) is 6.43 Å². The van der Waals surface area contributed by atoms with Gasteiger partial charge < -0.3 is 20.3 Å². The molecule has 2 heterocycles. The molecule has 1 aliphatic heterocycles. The van der Waals surface area contributed by atoms with Crippen molar-refractivity contribution in [2.75, 3.05) is 43.1 Å². The maximum Gasteiger partial charge on any atom is 0.250 e. The lowest BCUT2D eigenvalue weighted by atomic mass is 10.0. The van der Waals surface area contributed by atoms with E-state index in [4.69, 9.17) is 9.72 Å². The second kappa shape index (κ2) is 10.3. The summed E-state index contributed by atoms with van der Waals surface area (Å²) in [4.78, 5) is 11.5. The number of alkyl halides is 2. The zero-order chi connectivity index (χ0) is 23.4. The number of hydrogen-bond donors (Lipinski definition) is 2. The Kier molecular flexibility index (Phi) is 7.24. The number of anilines is 2. The molecule has 2 N–H and O–H groups in total. The Morgan fingerprint density at radius 3 is 2.48 bits per heavy atom. The van der Waals surface area contributed by atoms with E-state index in [2.05, 4.69) is 20.5 Å². The Hall–Kier alpha value is -2.98.